The van der Waals surface area contributed by atoms with Crippen LogP contribution in [0, 0.1) is 0 Å². The van der Waals surface area contributed by atoms with Gasteiger partial charge in [0.1, 0.15) is 0 Å². The summed E-state index contributed by atoms with van der Waals surface area (Å²) < 4.78 is 0. The van der Waals surface area contributed by atoms with Crippen molar-refractivity contribution >= 4 is 11.8 Å². The second-order valence-electron chi connectivity index (χ2n) is 3.39. The molecule has 82 valence electrons. The molecule has 0 saturated heterocycles. The van der Waals surface area contributed by atoms with Crippen LogP contribution in [0.25, 0.3) is 0 Å². The van der Waals surface area contributed by atoms with E-state index >= 15 is 0 Å². The number of nitrogens with one attached hydrogen (secondary N) is 2. The van der Waals surface area contributed by atoms with E-state index in [-0.39, 0.29) is 18.7 Å². The third-order valence-corrected chi connectivity index (χ3v) is 1.67. The lowest BCUT2D eigenvalue weighted by molar-refractivity contribution is -0.140. The summed E-state index contributed by atoms with van der Waals surface area (Å²) in [6.45, 7) is 5.21. The molecule has 0 aliphatic carbocycles. The smallest absolute Gasteiger partial charge is 0.309 e. The average molecular weight is 202 g/mol. The van der Waals surface area contributed by atoms with Gasteiger partial charge in [0.25, 0.3) is 0 Å². The van der Waals surface area contributed by atoms with Crippen LogP contribution in [-0.2, 0) is 9.59 Å². The van der Waals surface area contributed by atoms with E-state index in [0.29, 0.717) is 6.42 Å². The largest absolute Gasteiger partial charge is 0.394 e. The molecule has 5 nitrogen and oxygen atoms in total. The highest BCUT2D eigenvalue weighted by Gasteiger charge is 2.17. The summed E-state index contributed by atoms with van der Waals surface area (Å²) in [6, 6.07) is -0.414. The van der Waals surface area contributed by atoms with Gasteiger partial charge in [-0.2, -0.15) is 0 Å². The highest BCUT2D eigenvalue weighted by Crippen LogP contribution is 1.88. The van der Waals surface area contributed by atoms with Gasteiger partial charge in [0, 0.05) is 6.04 Å². The van der Waals surface area contributed by atoms with E-state index in [1.807, 2.05) is 6.92 Å². The Kier molecular flexibility index (Phi) is 5.87. The molecule has 0 aromatic carbocycles. The SMILES string of the molecule is CC[C@H](CO)NC(=O)C(=O)NC(C)C. The van der Waals surface area contributed by atoms with Gasteiger partial charge in [0.15, 0.2) is 0 Å². The van der Waals surface area contributed by atoms with Crippen molar-refractivity contribution in [3.8, 4) is 0 Å². The summed E-state index contributed by atoms with van der Waals surface area (Å²) >= 11 is 0. The number of hydrogen-bond acceptors (Lipinski definition) is 3. The van der Waals surface area contributed by atoms with Gasteiger partial charge < -0.3 is 15.7 Å². The molecule has 14 heavy (non-hydrogen) atoms. The van der Waals surface area contributed by atoms with Crippen LogP contribution in [0.4, 0.5) is 0 Å². The molecule has 0 aromatic heterocycles. The maximum Gasteiger partial charge on any atom is 0.309 e. The number of amides is 2. The number of rotatable bonds is 4. The molecule has 3 N–H and O–H groups in total. The van der Waals surface area contributed by atoms with Crippen molar-refractivity contribution in [3.63, 3.8) is 0 Å². The Morgan fingerprint density at radius 1 is 1.21 bits per heavy atom. The van der Waals surface area contributed by atoms with Crippen molar-refractivity contribution in [1.82, 2.24) is 10.6 Å². The van der Waals surface area contributed by atoms with Crippen molar-refractivity contribution in [2.45, 2.75) is 39.3 Å². The molecule has 0 radical (unpaired) electrons. The first-order chi connectivity index (χ1) is 6.51. The van der Waals surface area contributed by atoms with Gasteiger partial charge in [0.2, 0.25) is 0 Å². The fraction of sp³-hybridized carbons (Fsp3) is 0.778. The van der Waals surface area contributed by atoms with Crippen LogP contribution in [-0.4, -0.2) is 35.6 Å². The van der Waals surface area contributed by atoms with Gasteiger partial charge in [-0.3, -0.25) is 9.59 Å². The molecule has 0 aromatic rings. The zero-order valence-corrected chi connectivity index (χ0v) is 8.83. The van der Waals surface area contributed by atoms with Crippen molar-refractivity contribution in [3.05, 3.63) is 0 Å². The standard InChI is InChI=1S/C9H18N2O3/c1-4-7(5-12)11-9(14)8(13)10-6(2)3/h6-7,12H,4-5H2,1-3H3,(H,10,13)(H,11,14)/t7-/m1/s1. The summed E-state index contributed by atoms with van der Waals surface area (Å²) in [5, 5.41) is 13.7. The summed E-state index contributed by atoms with van der Waals surface area (Å²) in [5.41, 5.74) is 0. The minimum atomic E-state index is -0.695. The van der Waals surface area contributed by atoms with Crippen LogP contribution >= 0.6 is 0 Å². The van der Waals surface area contributed by atoms with Crippen molar-refractivity contribution in [2.75, 3.05) is 6.61 Å². The first kappa shape index (κ1) is 12.9. The third-order valence-electron chi connectivity index (χ3n) is 1.67. The van der Waals surface area contributed by atoms with Gasteiger partial charge in [-0.05, 0) is 20.3 Å². The number of carbonyl (C=O) groups excluding carboxylic acids is 2. The van der Waals surface area contributed by atoms with Crippen molar-refractivity contribution in [1.29, 1.82) is 0 Å². The molecular weight excluding hydrogens is 184 g/mol. The number of aliphatic hydroxyl groups excluding tert-OH is 1. The second-order valence-corrected chi connectivity index (χ2v) is 3.39. The Morgan fingerprint density at radius 2 is 1.71 bits per heavy atom. The fourth-order valence-electron chi connectivity index (χ4n) is 0.855. The van der Waals surface area contributed by atoms with E-state index in [0.717, 1.165) is 0 Å². The van der Waals surface area contributed by atoms with Crippen LogP contribution in [0.2, 0.25) is 0 Å². The summed E-state index contributed by atoms with van der Waals surface area (Å²) in [6.07, 6.45) is 0.594. The van der Waals surface area contributed by atoms with Gasteiger partial charge in [-0.1, -0.05) is 6.92 Å². The van der Waals surface area contributed by atoms with Gasteiger partial charge in [-0.25, -0.2) is 0 Å². The molecule has 0 aliphatic heterocycles. The molecule has 0 spiro atoms. The number of carbonyl (C=O) groups is 2. The molecule has 0 unspecified atom stereocenters. The molecule has 0 rings (SSSR count). The lowest BCUT2D eigenvalue weighted by Gasteiger charge is -2.14. The maximum atomic E-state index is 11.2. The molecule has 0 aliphatic rings. The summed E-state index contributed by atoms with van der Waals surface area (Å²) in [5.74, 6) is -1.36. The van der Waals surface area contributed by atoms with E-state index in [2.05, 4.69) is 10.6 Å². The molecule has 0 heterocycles. The minimum absolute atomic E-state index is 0.0672. The third kappa shape index (κ3) is 4.81. The molecule has 1 atom stereocenters. The Hall–Kier alpha value is -1.10. The molecular formula is C9H18N2O3. The van der Waals surface area contributed by atoms with E-state index in [1.54, 1.807) is 13.8 Å². The molecule has 5 heteroatoms. The predicted molar refractivity (Wildman–Crippen MR) is 52.6 cm³/mol. The van der Waals surface area contributed by atoms with Gasteiger partial charge >= 0.3 is 11.8 Å². The van der Waals surface area contributed by atoms with Crippen LogP contribution in [0.1, 0.15) is 27.2 Å². The number of hydrogen-bond donors (Lipinski definition) is 3. The Morgan fingerprint density at radius 3 is 2.07 bits per heavy atom. The first-order valence-electron chi connectivity index (χ1n) is 4.73. The lowest BCUT2D eigenvalue weighted by Crippen LogP contribution is -2.47. The minimum Gasteiger partial charge on any atom is -0.394 e. The zero-order chi connectivity index (χ0) is 11.1. The second kappa shape index (κ2) is 6.37. The highest BCUT2D eigenvalue weighted by atomic mass is 16.3. The average Bonchev–Trinajstić information content (AvgIpc) is 2.12. The molecule has 0 bridgehead atoms. The predicted octanol–water partition coefficient (Wildman–Crippen LogP) is -0.602. The van der Waals surface area contributed by atoms with Crippen molar-refractivity contribution in [2.24, 2.45) is 0 Å². The molecule has 0 fully saturated rings. The van der Waals surface area contributed by atoms with E-state index in [9.17, 15) is 9.59 Å². The highest BCUT2D eigenvalue weighted by molar-refractivity contribution is 6.35. The zero-order valence-electron chi connectivity index (χ0n) is 8.83. The topological polar surface area (TPSA) is 78.4 Å². The summed E-state index contributed by atoms with van der Waals surface area (Å²) in [4.78, 5) is 22.3. The van der Waals surface area contributed by atoms with Crippen LogP contribution < -0.4 is 10.6 Å². The van der Waals surface area contributed by atoms with Gasteiger partial charge in [-0.15, -0.1) is 0 Å². The normalized spacial score (nSPS) is 12.4. The van der Waals surface area contributed by atoms with E-state index in [4.69, 9.17) is 5.11 Å². The number of aliphatic hydroxyl groups is 1. The van der Waals surface area contributed by atoms with Crippen LogP contribution in [0.5, 0.6) is 0 Å². The summed E-state index contributed by atoms with van der Waals surface area (Å²) in [7, 11) is 0. The van der Waals surface area contributed by atoms with Crippen molar-refractivity contribution < 1.29 is 14.7 Å². The Bertz CT molecular complexity index is 200. The van der Waals surface area contributed by atoms with Gasteiger partial charge in [0.05, 0.1) is 12.6 Å². The monoisotopic (exact) mass is 202 g/mol. The lowest BCUT2D eigenvalue weighted by atomic mass is 10.2. The van der Waals surface area contributed by atoms with Crippen LogP contribution in [0.3, 0.4) is 0 Å². The van der Waals surface area contributed by atoms with Crippen LogP contribution in [0.15, 0.2) is 0 Å². The maximum absolute atomic E-state index is 11.2. The first-order valence-corrected chi connectivity index (χ1v) is 4.73. The quantitative estimate of drug-likeness (QED) is 0.533. The molecule has 2 amide bonds. The van der Waals surface area contributed by atoms with E-state index in [1.165, 1.54) is 0 Å². The molecule has 0 saturated carbocycles. The van der Waals surface area contributed by atoms with E-state index < -0.39 is 11.8 Å². The fourth-order valence-corrected chi connectivity index (χ4v) is 0.855. The Labute approximate surface area is 83.9 Å². The Balaban J connectivity index is 4.00.